The summed E-state index contributed by atoms with van der Waals surface area (Å²) in [5.41, 5.74) is 2.04. The van der Waals surface area contributed by atoms with Crippen molar-refractivity contribution in [2.24, 2.45) is 0 Å². The van der Waals surface area contributed by atoms with Gasteiger partial charge in [-0.1, -0.05) is 6.07 Å². The molecule has 0 aliphatic rings. The molecule has 1 amide bonds. The van der Waals surface area contributed by atoms with Gasteiger partial charge in [0.05, 0.1) is 12.7 Å². The summed E-state index contributed by atoms with van der Waals surface area (Å²) in [6.45, 7) is 1.87. The smallest absolute Gasteiger partial charge is 0.335 e. The first-order chi connectivity index (χ1) is 11.9. The minimum absolute atomic E-state index is 0.0631. The number of benzene rings is 2. The molecule has 0 saturated heterocycles. The Balaban J connectivity index is 2.19. The van der Waals surface area contributed by atoms with Crippen LogP contribution < -0.4 is 10.1 Å². The highest BCUT2D eigenvalue weighted by molar-refractivity contribution is 6.09. The highest BCUT2D eigenvalue weighted by Crippen LogP contribution is 2.20. The van der Waals surface area contributed by atoms with Crippen molar-refractivity contribution in [2.45, 2.75) is 6.92 Å². The maximum absolute atomic E-state index is 12.2. The zero-order chi connectivity index (χ0) is 18.4. The summed E-state index contributed by atoms with van der Waals surface area (Å²) in [4.78, 5) is 23.0. The predicted octanol–water partition coefficient (Wildman–Crippen LogP) is 3.25. The minimum atomic E-state index is -1.05. The molecule has 0 radical (unpaired) electrons. The number of hydrogen-bond acceptors (Lipinski definition) is 4. The zero-order valence-electron chi connectivity index (χ0n) is 13.7. The van der Waals surface area contributed by atoms with E-state index < -0.39 is 11.9 Å². The number of carboxylic acid groups (broad SMARTS) is 1. The molecule has 25 heavy (non-hydrogen) atoms. The van der Waals surface area contributed by atoms with Crippen molar-refractivity contribution in [1.82, 2.24) is 0 Å². The van der Waals surface area contributed by atoms with Crippen LogP contribution in [0.5, 0.6) is 5.75 Å². The van der Waals surface area contributed by atoms with Gasteiger partial charge < -0.3 is 15.2 Å². The summed E-state index contributed by atoms with van der Waals surface area (Å²) in [6, 6.07) is 12.9. The van der Waals surface area contributed by atoms with Crippen LogP contribution in [0.4, 0.5) is 5.69 Å². The Hall–Kier alpha value is -3.59. The molecule has 0 spiro atoms. The molecule has 0 aromatic heterocycles. The van der Waals surface area contributed by atoms with Crippen LogP contribution in [0.3, 0.4) is 0 Å². The molecule has 0 atom stereocenters. The van der Waals surface area contributed by atoms with E-state index in [1.165, 1.54) is 30.3 Å². The number of amides is 1. The lowest BCUT2D eigenvalue weighted by Gasteiger charge is -2.06. The van der Waals surface area contributed by atoms with Crippen LogP contribution in [0.15, 0.2) is 48.0 Å². The number of carboxylic acids is 1. The van der Waals surface area contributed by atoms with E-state index in [2.05, 4.69) is 5.32 Å². The van der Waals surface area contributed by atoms with E-state index in [1.807, 2.05) is 19.1 Å². The quantitative estimate of drug-likeness (QED) is 0.645. The Morgan fingerprint density at radius 3 is 2.40 bits per heavy atom. The Morgan fingerprint density at radius 2 is 1.88 bits per heavy atom. The lowest BCUT2D eigenvalue weighted by atomic mass is 10.1. The number of hydrogen-bond donors (Lipinski definition) is 2. The molecule has 6 nitrogen and oxygen atoms in total. The van der Waals surface area contributed by atoms with Crippen LogP contribution in [0, 0.1) is 18.3 Å². The molecule has 126 valence electrons. The Labute approximate surface area is 145 Å². The molecule has 0 aliphatic heterocycles. The van der Waals surface area contributed by atoms with Crippen LogP contribution in [-0.4, -0.2) is 24.1 Å². The van der Waals surface area contributed by atoms with Crippen LogP contribution >= 0.6 is 0 Å². The van der Waals surface area contributed by atoms with Gasteiger partial charge in [0.15, 0.2) is 0 Å². The third-order valence-corrected chi connectivity index (χ3v) is 3.48. The first kappa shape index (κ1) is 17.8. The number of rotatable bonds is 5. The standard InChI is InChI=1S/C19H16N2O4/c1-12-9-13(3-8-17(12)25-2)10-15(11-20)18(22)21-16-6-4-14(5-7-16)19(23)24/h3-10H,1-2H3,(H,21,22)(H,23,24)/b15-10-. The number of aryl methyl sites for hydroxylation is 1. The second kappa shape index (κ2) is 7.79. The normalized spacial score (nSPS) is 10.7. The Bertz CT molecular complexity index is 877. The van der Waals surface area contributed by atoms with Gasteiger partial charge in [0.2, 0.25) is 0 Å². The second-order valence-corrected chi connectivity index (χ2v) is 5.24. The topological polar surface area (TPSA) is 99.4 Å². The molecule has 6 heteroatoms. The summed E-state index contributed by atoms with van der Waals surface area (Å²) < 4.78 is 5.18. The average Bonchev–Trinajstić information content (AvgIpc) is 2.60. The van der Waals surface area contributed by atoms with Gasteiger partial charge in [0, 0.05) is 5.69 Å². The molecular weight excluding hydrogens is 320 g/mol. The SMILES string of the molecule is COc1ccc(/C=C(/C#N)C(=O)Nc2ccc(C(=O)O)cc2)cc1C. The van der Waals surface area contributed by atoms with Gasteiger partial charge in [0.1, 0.15) is 17.4 Å². The molecule has 0 fully saturated rings. The molecular formula is C19H16N2O4. The lowest BCUT2D eigenvalue weighted by Crippen LogP contribution is -2.13. The highest BCUT2D eigenvalue weighted by atomic mass is 16.5. The third kappa shape index (κ3) is 4.45. The summed E-state index contributed by atoms with van der Waals surface area (Å²) in [7, 11) is 1.57. The molecule has 0 aliphatic carbocycles. The summed E-state index contributed by atoms with van der Waals surface area (Å²) in [5.74, 6) is -0.900. The third-order valence-electron chi connectivity index (χ3n) is 3.48. The monoisotopic (exact) mass is 336 g/mol. The van der Waals surface area contributed by atoms with Gasteiger partial charge >= 0.3 is 5.97 Å². The first-order valence-corrected chi connectivity index (χ1v) is 7.35. The summed E-state index contributed by atoms with van der Waals surface area (Å²) in [6.07, 6.45) is 1.48. The van der Waals surface area contributed by atoms with E-state index in [1.54, 1.807) is 19.2 Å². The van der Waals surface area contributed by atoms with Crippen LogP contribution in [0.1, 0.15) is 21.5 Å². The van der Waals surface area contributed by atoms with Gasteiger partial charge in [0.25, 0.3) is 5.91 Å². The van der Waals surface area contributed by atoms with Crippen molar-refractivity contribution < 1.29 is 19.4 Å². The molecule has 2 aromatic rings. The summed E-state index contributed by atoms with van der Waals surface area (Å²) >= 11 is 0. The van der Waals surface area contributed by atoms with E-state index in [9.17, 15) is 14.9 Å². The van der Waals surface area contributed by atoms with Crippen molar-refractivity contribution in [3.05, 3.63) is 64.7 Å². The van der Waals surface area contributed by atoms with Crippen LogP contribution in [-0.2, 0) is 4.79 Å². The second-order valence-electron chi connectivity index (χ2n) is 5.24. The van der Waals surface area contributed by atoms with Gasteiger partial charge in [-0.15, -0.1) is 0 Å². The fourth-order valence-electron chi connectivity index (χ4n) is 2.20. The average molecular weight is 336 g/mol. The number of methoxy groups -OCH3 is 1. The number of aromatic carboxylic acids is 1. The van der Waals surface area contributed by atoms with E-state index in [-0.39, 0.29) is 11.1 Å². The van der Waals surface area contributed by atoms with Gasteiger partial charge in [-0.2, -0.15) is 5.26 Å². The minimum Gasteiger partial charge on any atom is -0.496 e. The fraction of sp³-hybridized carbons (Fsp3) is 0.105. The van der Waals surface area contributed by atoms with Crippen molar-refractivity contribution in [3.63, 3.8) is 0 Å². The Morgan fingerprint density at radius 1 is 1.20 bits per heavy atom. The molecule has 2 rings (SSSR count). The fourth-order valence-corrected chi connectivity index (χ4v) is 2.20. The van der Waals surface area contributed by atoms with Crippen molar-refractivity contribution in [1.29, 1.82) is 5.26 Å². The van der Waals surface area contributed by atoms with E-state index >= 15 is 0 Å². The number of ether oxygens (including phenoxy) is 1. The molecule has 0 heterocycles. The van der Waals surface area contributed by atoms with E-state index in [0.717, 1.165) is 11.3 Å². The maximum atomic E-state index is 12.2. The van der Waals surface area contributed by atoms with Crippen molar-refractivity contribution in [2.75, 3.05) is 12.4 Å². The Kier molecular flexibility index (Phi) is 5.54. The molecule has 0 saturated carbocycles. The molecule has 2 aromatic carbocycles. The van der Waals surface area contributed by atoms with Gasteiger partial charge in [-0.25, -0.2) is 4.79 Å². The van der Waals surface area contributed by atoms with Crippen molar-refractivity contribution in [3.8, 4) is 11.8 Å². The number of anilines is 1. The summed E-state index contributed by atoms with van der Waals surface area (Å²) in [5, 5.41) is 20.7. The highest BCUT2D eigenvalue weighted by Gasteiger charge is 2.11. The number of nitrogens with zero attached hydrogens (tertiary/aromatic N) is 1. The molecule has 0 unspecified atom stereocenters. The van der Waals surface area contributed by atoms with Gasteiger partial charge in [-0.3, -0.25) is 4.79 Å². The molecule has 0 bridgehead atoms. The van der Waals surface area contributed by atoms with Crippen LogP contribution in [0.2, 0.25) is 0 Å². The predicted molar refractivity (Wildman–Crippen MR) is 93.4 cm³/mol. The number of carbonyl (C=O) groups excluding carboxylic acids is 1. The van der Waals surface area contributed by atoms with Crippen molar-refractivity contribution >= 4 is 23.6 Å². The molecule has 2 N–H and O–H groups in total. The number of carbonyl (C=O) groups is 2. The maximum Gasteiger partial charge on any atom is 0.335 e. The zero-order valence-corrected chi connectivity index (χ0v) is 13.7. The number of nitriles is 1. The van der Waals surface area contributed by atoms with Gasteiger partial charge in [-0.05, 0) is 60.5 Å². The largest absolute Gasteiger partial charge is 0.496 e. The lowest BCUT2D eigenvalue weighted by molar-refractivity contribution is -0.112. The van der Waals surface area contributed by atoms with E-state index in [0.29, 0.717) is 11.3 Å². The first-order valence-electron chi connectivity index (χ1n) is 7.35. The number of nitrogens with one attached hydrogen (secondary N) is 1. The van der Waals surface area contributed by atoms with E-state index in [4.69, 9.17) is 9.84 Å². The van der Waals surface area contributed by atoms with Crippen LogP contribution in [0.25, 0.3) is 6.08 Å².